The molecule has 39 heteroatoms. The predicted octanol–water partition coefficient (Wildman–Crippen LogP) is 0.430. The smallest absolute Gasteiger partial charge is 0.330 e. The number of phenols is 3. The Morgan fingerprint density at radius 3 is 1.98 bits per heavy atom. The molecule has 7 aliphatic rings. The highest BCUT2D eigenvalue weighted by Gasteiger charge is 2.52. The van der Waals surface area contributed by atoms with Gasteiger partial charge in [0.1, 0.15) is 83.4 Å². The van der Waals surface area contributed by atoms with Crippen molar-refractivity contribution in [1.29, 1.82) is 0 Å². The van der Waals surface area contributed by atoms with E-state index >= 15 is 14.4 Å². The lowest BCUT2D eigenvalue weighted by molar-refractivity contribution is -0.329. The first-order valence-corrected chi connectivity index (χ1v) is 35.0. The molecule has 0 saturated carbocycles. The quantitative estimate of drug-likeness (QED) is 0.0620. The van der Waals surface area contributed by atoms with Crippen LogP contribution < -0.4 is 62.9 Å². The molecular formula is C68H77Cl2N13O23S. The second kappa shape index (κ2) is 32.0. The SMILES string of the molecule is CN[C@@H](CC(C)C)C(=O)N[C@H]1C(=O)N[C@@H](CC(N)=O)C(=O)N[C@H]2C(=O)N[C@H]3C(=O)N[C@H](C(=O)N[C@@H](C(=O)O)c4cc(O)cc(O)c4-c4cc3ccc4O)[C@H](O)c3ccc(c(Cl)c3)Oc3cc2cc(c3OC2OC(CSc3nnnn3C)C(O)C(O)C2OC2CC(C)(N)C(O)C(C)O2)Oc2ccc(cc2Cl)[C@H]1O. The summed E-state index contributed by atoms with van der Waals surface area (Å²) in [6, 6.07) is -0.489. The Balaban J connectivity index is 1.16. The molecule has 20 N–H and O–H groups in total. The van der Waals surface area contributed by atoms with Gasteiger partial charge in [-0.25, -0.2) is 9.48 Å². The van der Waals surface area contributed by atoms with Crippen LogP contribution >= 0.6 is 35.0 Å². The molecule has 0 aliphatic carbocycles. The number of phenolic OH excluding ortho intramolecular Hbond substituents is 3. The van der Waals surface area contributed by atoms with Crippen LogP contribution in [-0.4, -0.2) is 205 Å². The van der Waals surface area contributed by atoms with E-state index in [0.717, 1.165) is 78.5 Å². The number of aliphatic hydroxyl groups excluding tert-OH is 5. The minimum absolute atomic E-state index is 0.100. The minimum atomic E-state index is -2.35. The standard InChI is InChI=1S/C68H77Cl2N13O23S/c1-24(2)13-35(73-5)59(93)78-50-52(88)27-8-11-39(33(69)15-27)102-41-17-29-18-42(56(41)106-66-57(105-45-22-68(4,72)58(92)25(3)101-45)55(91)54(90)43(104-66)23-107-67-80-81-82-83(67)6)103-40-12-9-28(16-34(40)70)53(89)51-64(98)77-49(65(99)100)32-19-30(84)20-38(86)46(32)31-14-26(7-10-37(31)85)47(61(95)79-51)76-62(96)48(29)75-60(94)36(21-44(71)87)74-63(50)97/h7-12,14-20,24-25,35-36,43,45,47-55,57-58,66,73,84-86,88-92H,13,21-23,72H2,1-6H3,(H2,71,87)(H,74,97)(H,75,94)(H,76,96)(H,77,98)(H,78,93)(H,79,95)(H,99,100)/t25?,35-,36-,43?,45?,47+,48+,49+,50+,51-,52+,53+,54?,55?,57?,58?,66?,68?/m0/s1. The van der Waals surface area contributed by atoms with Crippen molar-refractivity contribution in [2.24, 2.45) is 24.4 Å². The van der Waals surface area contributed by atoms with Gasteiger partial charge in [-0.05, 0) is 121 Å². The Morgan fingerprint density at radius 1 is 0.757 bits per heavy atom. The number of ether oxygens (including phenoxy) is 6. The number of carboxylic acids is 1. The Bertz CT molecular complexity index is 4460. The number of tetrazole rings is 1. The van der Waals surface area contributed by atoms with E-state index in [1.165, 1.54) is 44.8 Å². The van der Waals surface area contributed by atoms with Gasteiger partial charge in [0.15, 0.2) is 29.9 Å². The molecule has 8 heterocycles. The third-order valence-corrected chi connectivity index (χ3v) is 20.2. The van der Waals surface area contributed by atoms with Gasteiger partial charge in [-0.1, -0.05) is 67.0 Å². The topological polar surface area (TPSA) is 554 Å². The van der Waals surface area contributed by atoms with Crippen LogP contribution in [0.15, 0.2) is 84.0 Å². The van der Waals surface area contributed by atoms with Crippen molar-refractivity contribution >= 4 is 82.3 Å². The lowest BCUT2D eigenvalue weighted by atomic mass is 9.86. The van der Waals surface area contributed by atoms with Crippen LogP contribution in [0, 0.1) is 5.92 Å². The first-order valence-electron chi connectivity index (χ1n) is 33.3. The van der Waals surface area contributed by atoms with E-state index in [4.69, 9.17) is 63.1 Å². The summed E-state index contributed by atoms with van der Waals surface area (Å²) in [5.74, 6) is -16.1. The number of carboxylic acid groups (broad SMARTS) is 1. The van der Waals surface area contributed by atoms with Crippen molar-refractivity contribution in [2.75, 3.05) is 12.8 Å². The van der Waals surface area contributed by atoms with Crippen molar-refractivity contribution in [3.05, 3.63) is 117 Å². The number of nitrogens with one attached hydrogen (secondary N) is 7. The molecule has 7 amide bonds. The van der Waals surface area contributed by atoms with Crippen LogP contribution in [0.3, 0.4) is 0 Å². The number of carbonyl (C=O) groups is 8. The number of carbonyl (C=O) groups excluding carboxylic acids is 7. The molecule has 2 fully saturated rings. The molecule has 2 saturated heterocycles. The second-order valence-electron chi connectivity index (χ2n) is 26.9. The fraction of sp³-hybridized carbons (Fsp3) is 0.426. The number of fused-ring (bicyclic) bond motifs is 15. The van der Waals surface area contributed by atoms with Gasteiger partial charge < -0.3 is 123 Å². The number of rotatable bonds is 15. The number of aromatic hydroxyl groups is 3. The number of benzene rings is 5. The normalized spacial score (nSPS) is 28.5. The first kappa shape index (κ1) is 78.3. The third kappa shape index (κ3) is 16.9. The molecule has 0 radical (unpaired) electrons. The summed E-state index contributed by atoms with van der Waals surface area (Å²) in [5.41, 5.74) is 8.16. The Kier molecular flexibility index (Phi) is 23.4. The number of primary amides is 1. The lowest BCUT2D eigenvalue weighted by Gasteiger charge is -2.47. The van der Waals surface area contributed by atoms with Gasteiger partial charge in [-0.15, -0.1) is 5.10 Å². The number of nitrogens with zero attached hydrogens (tertiary/aromatic N) is 4. The van der Waals surface area contributed by atoms with Crippen molar-refractivity contribution in [2.45, 2.75) is 161 Å². The highest BCUT2D eigenvalue weighted by Crippen LogP contribution is 2.50. The fourth-order valence-electron chi connectivity index (χ4n) is 13.0. The number of thioether (sulfide) groups is 1. The van der Waals surface area contributed by atoms with Crippen molar-refractivity contribution in [3.8, 4) is 57.1 Å². The van der Waals surface area contributed by atoms with Gasteiger partial charge in [0, 0.05) is 47.5 Å². The molecular weight excluding hydrogens is 1470 g/mol. The second-order valence-corrected chi connectivity index (χ2v) is 28.7. The molecule has 572 valence electrons. The van der Waals surface area contributed by atoms with E-state index < -0.39 is 225 Å². The summed E-state index contributed by atoms with van der Waals surface area (Å²) in [4.78, 5) is 118. The van der Waals surface area contributed by atoms with Gasteiger partial charge in [0.05, 0.1) is 40.8 Å². The summed E-state index contributed by atoms with van der Waals surface area (Å²) in [6.45, 7) is 6.68. The van der Waals surface area contributed by atoms with Gasteiger partial charge in [0.25, 0.3) is 0 Å². The summed E-state index contributed by atoms with van der Waals surface area (Å²) in [7, 11) is 3.02. The fourth-order valence-corrected chi connectivity index (χ4v) is 14.3. The Labute approximate surface area is 622 Å². The largest absolute Gasteiger partial charge is 0.508 e. The average Bonchev–Trinajstić information content (AvgIpc) is 0.849. The molecule has 7 aliphatic heterocycles. The van der Waals surface area contributed by atoms with Crippen LogP contribution in [0.4, 0.5) is 0 Å². The predicted molar refractivity (Wildman–Crippen MR) is 372 cm³/mol. The highest BCUT2D eigenvalue weighted by atomic mass is 35.5. The number of aromatic nitrogens is 4. The van der Waals surface area contributed by atoms with Crippen LogP contribution in [0.1, 0.15) is 105 Å². The zero-order valence-electron chi connectivity index (χ0n) is 57.6. The number of likely N-dealkylation sites (N-methyl/N-ethyl adjacent to an activating group) is 1. The zero-order valence-corrected chi connectivity index (χ0v) is 59.9. The highest BCUT2D eigenvalue weighted by molar-refractivity contribution is 7.99. The number of aliphatic carboxylic acids is 1. The molecule has 36 nitrogen and oxygen atoms in total. The Morgan fingerprint density at radius 2 is 1.38 bits per heavy atom. The number of nitrogens with two attached hydrogens (primary N) is 2. The molecule has 107 heavy (non-hydrogen) atoms. The Hall–Kier alpha value is -9.74. The number of aryl methyl sites for hydroxylation is 1. The molecule has 0 spiro atoms. The average molecular weight is 1550 g/mol. The third-order valence-electron chi connectivity index (χ3n) is 18.6. The van der Waals surface area contributed by atoms with Crippen LogP contribution in [0.5, 0.6) is 46.0 Å². The zero-order chi connectivity index (χ0) is 77.5. The summed E-state index contributed by atoms with van der Waals surface area (Å²) in [6.07, 6.45) is -18.1. The van der Waals surface area contributed by atoms with E-state index in [0.29, 0.717) is 0 Å². The first-order chi connectivity index (χ1) is 50.6. The van der Waals surface area contributed by atoms with E-state index in [1.807, 2.05) is 13.8 Å². The molecule has 5 aromatic carbocycles. The number of amides is 7. The summed E-state index contributed by atoms with van der Waals surface area (Å²) < 4.78 is 40.7. The van der Waals surface area contributed by atoms with E-state index in [-0.39, 0.29) is 62.9 Å². The summed E-state index contributed by atoms with van der Waals surface area (Å²) in [5, 5.41) is 133. The maximum Gasteiger partial charge on any atom is 0.330 e. The van der Waals surface area contributed by atoms with Gasteiger partial charge in [0.2, 0.25) is 58.5 Å². The molecule has 9 unspecified atom stereocenters. The molecule has 18 atom stereocenters. The number of halogens is 2. The van der Waals surface area contributed by atoms with Crippen molar-refractivity contribution in [1.82, 2.24) is 57.4 Å². The summed E-state index contributed by atoms with van der Waals surface area (Å²) >= 11 is 15.2. The number of aliphatic hydroxyl groups is 5. The van der Waals surface area contributed by atoms with Crippen molar-refractivity contribution < 1.29 is 113 Å². The molecule has 13 rings (SSSR count). The molecule has 1 aromatic heterocycles. The van der Waals surface area contributed by atoms with Crippen molar-refractivity contribution in [3.63, 3.8) is 0 Å². The van der Waals surface area contributed by atoms with Gasteiger partial charge in [-0.3, -0.25) is 33.6 Å². The minimum Gasteiger partial charge on any atom is -0.508 e. The molecule has 6 aromatic rings. The van der Waals surface area contributed by atoms with Crippen LogP contribution in [-0.2, 0) is 59.6 Å². The maximum absolute atomic E-state index is 16.2. The monoisotopic (exact) mass is 1550 g/mol. The van der Waals surface area contributed by atoms with E-state index in [9.17, 15) is 69.9 Å². The van der Waals surface area contributed by atoms with Gasteiger partial charge in [-0.2, -0.15) is 0 Å². The van der Waals surface area contributed by atoms with Crippen LogP contribution in [0.25, 0.3) is 11.1 Å². The lowest BCUT2D eigenvalue weighted by Crippen LogP contribution is -2.64. The van der Waals surface area contributed by atoms with E-state index in [1.54, 1.807) is 0 Å². The number of hydrogen-bond donors (Lipinski definition) is 18. The van der Waals surface area contributed by atoms with E-state index in [2.05, 4.69) is 52.7 Å². The van der Waals surface area contributed by atoms with Crippen LogP contribution in [0.2, 0.25) is 10.0 Å². The number of hydrogen-bond acceptors (Lipinski definition) is 28. The van der Waals surface area contributed by atoms with Gasteiger partial charge >= 0.3 is 5.97 Å². The molecule has 11 bridgehead atoms. The maximum atomic E-state index is 16.2.